The topological polar surface area (TPSA) is 47.9 Å². The summed E-state index contributed by atoms with van der Waals surface area (Å²) in [5.41, 5.74) is 1.32. The number of thiophene rings is 1. The van der Waals surface area contributed by atoms with Crippen LogP contribution in [0.5, 0.6) is 0 Å². The van der Waals surface area contributed by atoms with E-state index in [1.54, 1.807) is 11.3 Å². The van der Waals surface area contributed by atoms with Crippen LogP contribution in [0.25, 0.3) is 0 Å². The summed E-state index contributed by atoms with van der Waals surface area (Å²) in [6.07, 6.45) is 3.97. The second kappa shape index (κ2) is 7.81. The van der Waals surface area contributed by atoms with E-state index >= 15 is 0 Å². The number of nitrogens with zero attached hydrogens (tertiary/aromatic N) is 3. The lowest BCUT2D eigenvalue weighted by molar-refractivity contribution is -0.131. The van der Waals surface area contributed by atoms with Crippen LogP contribution in [-0.2, 0) is 17.8 Å². The van der Waals surface area contributed by atoms with Crippen LogP contribution in [0.2, 0.25) is 0 Å². The van der Waals surface area contributed by atoms with Crippen LogP contribution >= 0.6 is 11.3 Å². The van der Waals surface area contributed by atoms with Crippen LogP contribution < -0.4 is 5.32 Å². The summed E-state index contributed by atoms with van der Waals surface area (Å²) in [6.45, 7) is 7.30. The first-order valence-corrected chi connectivity index (χ1v) is 9.52. The molecule has 1 amide bonds. The van der Waals surface area contributed by atoms with Crippen molar-refractivity contribution in [3.63, 3.8) is 0 Å². The normalized spacial score (nSPS) is 18.2. The van der Waals surface area contributed by atoms with Gasteiger partial charge in [0.25, 0.3) is 0 Å². The fourth-order valence-corrected chi connectivity index (χ4v) is 4.12. The molecule has 0 radical (unpaired) electrons. The highest BCUT2D eigenvalue weighted by Gasteiger charge is 2.21. The Morgan fingerprint density at radius 2 is 2.13 bits per heavy atom. The third-order valence-electron chi connectivity index (χ3n) is 4.49. The molecule has 1 aromatic rings. The molecule has 6 heteroatoms. The lowest BCUT2D eigenvalue weighted by Gasteiger charge is -2.27. The zero-order valence-electron chi connectivity index (χ0n) is 13.9. The van der Waals surface area contributed by atoms with E-state index in [9.17, 15) is 4.79 Å². The lowest BCUT2D eigenvalue weighted by atomic mass is 10.1. The molecule has 126 valence electrons. The summed E-state index contributed by atoms with van der Waals surface area (Å²) < 4.78 is 0. The van der Waals surface area contributed by atoms with Crippen LogP contribution in [0.4, 0.5) is 0 Å². The molecule has 3 rings (SSSR count). The number of likely N-dealkylation sites (tertiary alicyclic amines) is 1. The molecule has 1 aromatic heterocycles. The predicted octanol–water partition coefficient (Wildman–Crippen LogP) is 2.08. The number of aliphatic imine (C=N–C) groups is 1. The van der Waals surface area contributed by atoms with E-state index < -0.39 is 0 Å². The van der Waals surface area contributed by atoms with Crippen molar-refractivity contribution in [3.8, 4) is 0 Å². The predicted molar refractivity (Wildman–Crippen MR) is 94.8 cm³/mol. The zero-order valence-corrected chi connectivity index (χ0v) is 14.7. The average Bonchev–Trinajstić information content (AvgIpc) is 3.24. The largest absolute Gasteiger partial charge is 0.357 e. The molecule has 1 N–H and O–H groups in total. The van der Waals surface area contributed by atoms with Crippen molar-refractivity contribution in [1.82, 2.24) is 15.1 Å². The molecule has 0 aromatic carbocycles. The fourth-order valence-electron chi connectivity index (χ4n) is 3.23. The van der Waals surface area contributed by atoms with Crippen LogP contribution in [0.3, 0.4) is 0 Å². The van der Waals surface area contributed by atoms with Gasteiger partial charge in [0.1, 0.15) is 0 Å². The molecule has 23 heavy (non-hydrogen) atoms. The lowest BCUT2D eigenvalue weighted by Crippen LogP contribution is -2.40. The Morgan fingerprint density at radius 1 is 1.30 bits per heavy atom. The van der Waals surface area contributed by atoms with Crippen molar-refractivity contribution >= 4 is 23.2 Å². The van der Waals surface area contributed by atoms with Gasteiger partial charge in [-0.1, -0.05) is 0 Å². The van der Waals surface area contributed by atoms with Crippen LogP contribution in [0.15, 0.2) is 16.4 Å². The second-order valence-electron chi connectivity index (χ2n) is 6.11. The quantitative estimate of drug-likeness (QED) is 0.677. The van der Waals surface area contributed by atoms with Gasteiger partial charge in [-0.15, -0.1) is 11.3 Å². The molecule has 0 aliphatic carbocycles. The molecule has 1 saturated heterocycles. The monoisotopic (exact) mass is 334 g/mol. The first kappa shape index (κ1) is 16.3. The number of carbonyl (C=O) groups excluding carboxylic acids is 1. The fraction of sp³-hybridized carbons (Fsp3) is 0.647. The Kier molecular flexibility index (Phi) is 5.54. The van der Waals surface area contributed by atoms with E-state index in [2.05, 4.69) is 33.6 Å². The highest BCUT2D eigenvalue weighted by Crippen LogP contribution is 2.24. The van der Waals surface area contributed by atoms with Gasteiger partial charge in [-0.05, 0) is 43.2 Å². The molecule has 2 aliphatic heterocycles. The smallest absolute Gasteiger partial charge is 0.224 e. The summed E-state index contributed by atoms with van der Waals surface area (Å²) in [7, 11) is 0. The van der Waals surface area contributed by atoms with Gasteiger partial charge in [0.2, 0.25) is 5.91 Å². The van der Waals surface area contributed by atoms with Crippen molar-refractivity contribution in [2.24, 2.45) is 4.99 Å². The molecule has 5 nitrogen and oxygen atoms in total. The third-order valence-corrected chi connectivity index (χ3v) is 5.51. The van der Waals surface area contributed by atoms with Gasteiger partial charge in [-0.3, -0.25) is 9.79 Å². The van der Waals surface area contributed by atoms with E-state index in [1.165, 1.54) is 23.3 Å². The standard InChI is InChI=1S/C17H26N4OS/c1-2-18-17(20-9-3-4-10-20)19-8-5-16(22)21-11-6-15-14(13-21)7-12-23-15/h7,12H,2-6,8-11,13H2,1H3,(H,18,19). The third kappa shape index (κ3) is 4.05. The van der Waals surface area contributed by atoms with Crippen molar-refractivity contribution in [3.05, 3.63) is 21.9 Å². The zero-order chi connectivity index (χ0) is 16.1. The molecule has 2 aliphatic rings. The molecule has 0 atom stereocenters. The number of fused-ring (bicyclic) bond motifs is 1. The van der Waals surface area contributed by atoms with Gasteiger partial charge < -0.3 is 15.1 Å². The molecular formula is C17H26N4OS. The highest BCUT2D eigenvalue weighted by molar-refractivity contribution is 7.10. The Balaban J connectivity index is 1.51. The Morgan fingerprint density at radius 3 is 2.91 bits per heavy atom. The number of guanidine groups is 1. The number of hydrogen-bond donors (Lipinski definition) is 1. The van der Waals surface area contributed by atoms with Crippen molar-refractivity contribution in [2.75, 3.05) is 32.7 Å². The minimum Gasteiger partial charge on any atom is -0.357 e. The minimum absolute atomic E-state index is 0.225. The maximum Gasteiger partial charge on any atom is 0.224 e. The maximum atomic E-state index is 12.4. The number of nitrogens with one attached hydrogen (secondary N) is 1. The van der Waals surface area contributed by atoms with Gasteiger partial charge in [-0.25, -0.2) is 0 Å². The van der Waals surface area contributed by atoms with E-state index in [-0.39, 0.29) is 5.91 Å². The maximum absolute atomic E-state index is 12.4. The summed E-state index contributed by atoms with van der Waals surface area (Å²) >= 11 is 1.81. The van der Waals surface area contributed by atoms with Crippen LogP contribution in [-0.4, -0.2) is 54.4 Å². The van der Waals surface area contributed by atoms with Crippen molar-refractivity contribution < 1.29 is 4.79 Å². The highest BCUT2D eigenvalue weighted by atomic mass is 32.1. The molecule has 1 fully saturated rings. The molecule has 0 spiro atoms. The molecule has 0 unspecified atom stereocenters. The first-order chi connectivity index (χ1) is 11.3. The van der Waals surface area contributed by atoms with Crippen molar-refractivity contribution in [1.29, 1.82) is 0 Å². The molecular weight excluding hydrogens is 308 g/mol. The Labute approximate surface area is 142 Å². The summed E-state index contributed by atoms with van der Waals surface area (Å²) in [5.74, 6) is 1.19. The Bertz CT molecular complexity index is 563. The van der Waals surface area contributed by atoms with Gasteiger partial charge in [-0.2, -0.15) is 0 Å². The molecule has 0 bridgehead atoms. The second-order valence-corrected chi connectivity index (χ2v) is 7.11. The summed E-state index contributed by atoms with van der Waals surface area (Å²) in [4.78, 5) is 22.8. The van der Waals surface area contributed by atoms with Crippen LogP contribution in [0, 0.1) is 0 Å². The Hall–Kier alpha value is -1.56. The van der Waals surface area contributed by atoms with Gasteiger partial charge in [0.15, 0.2) is 5.96 Å². The number of hydrogen-bond acceptors (Lipinski definition) is 3. The number of amides is 1. The van der Waals surface area contributed by atoms with Gasteiger partial charge >= 0.3 is 0 Å². The number of carbonyl (C=O) groups is 1. The number of rotatable bonds is 4. The van der Waals surface area contributed by atoms with Gasteiger partial charge in [0.05, 0.1) is 6.54 Å². The van der Waals surface area contributed by atoms with E-state index in [0.717, 1.165) is 45.1 Å². The van der Waals surface area contributed by atoms with Gasteiger partial charge in [0, 0.05) is 44.0 Å². The summed E-state index contributed by atoms with van der Waals surface area (Å²) in [6, 6.07) is 2.15. The minimum atomic E-state index is 0.225. The molecule has 3 heterocycles. The summed E-state index contributed by atoms with van der Waals surface area (Å²) in [5, 5.41) is 5.47. The van der Waals surface area contributed by atoms with E-state index in [4.69, 9.17) is 0 Å². The average molecular weight is 334 g/mol. The van der Waals surface area contributed by atoms with E-state index in [1.807, 2.05) is 4.90 Å². The van der Waals surface area contributed by atoms with E-state index in [0.29, 0.717) is 13.0 Å². The van der Waals surface area contributed by atoms with Crippen LogP contribution in [0.1, 0.15) is 36.6 Å². The first-order valence-electron chi connectivity index (χ1n) is 8.64. The molecule has 0 saturated carbocycles. The SMILES string of the molecule is CCNC(=NCCC(=O)N1CCc2sccc2C1)N1CCCC1. The van der Waals surface area contributed by atoms with Crippen molar-refractivity contribution in [2.45, 2.75) is 39.2 Å².